The van der Waals surface area contributed by atoms with E-state index in [0.717, 1.165) is 9.80 Å². The summed E-state index contributed by atoms with van der Waals surface area (Å²) < 4.78 is 0. The maximum atomic E-state index is 13.7. The Kier molecular flexibility index (Phi) is 8.27. The summed E-state index contributed by atoms with van der Waals surface area (Å²) in [6.45, 7) is 4.33. The van der Waals surface area contributed by atoms with E-state index in [1.54, 1.807) is 62.6 Å². The standard InChI is InChI=1S/C38H30N8O8/c1-19(17-43-35(47)27-11-21-5-3-7-41-33(21)25-13-23(45(51)52)15-29(31(25)27)37(43)49)39-9-10-40-20(2)18-44-36(48)28-12-22-6-4-8-42-34(22)26-14-24(46(53)54)16-30(32(26)28)38(44)50/h3-8,11-16,19-20,39-40H,9-10,17-18H2,1-2H3/t19-,20-/m0/s1. The smallest absolute Gasteiger partial charge is 0.270 e. The fraction of sp³-hybridized carbons (Fsp3) is 0.211. The van der Waals surface area contributed by atoms with Crippen molar-refractivity contribution in [1.82, 2.24) is 30.4 Å². The van der Waals surface area contributed by atoms with Crippen molar-refractivity contribution in [3.8, 4) is 0 Å². The van der Waals surface area contributed by atoms with Crippen LogP contribution in [0.25, 0.3) is 43.4 Å². The van der Waals surface area contributed by atoms with Gasteiger partial charge in [0.25, 0.3) is 35.0 Å². The molecule has 4 aromatic carbocycles. The number of hydrogen-bond donors (Lipinski definition) is 2. The maximum Gasteiger partial charge on any atom is 0.270 e. The van der Waals surface area contributed by atoms with E-state index in [2.05, 4.69) is 20.6 Å². The van der Waals surface area contributed by atoms with Crippen LogP contribution in [0, 0.1) is 20.2 Å². The predicted molar refractivity (Wildman–Crippen MR) is 197 cm³/mol. The van der Waals surface area contributed by atoms with Crippen molar-refractivity contribution in [3.63, 3.8) is 0 Å². The first-order chi connectivity index (χ1) is 25.9. The van der Waals surface area contributed by atoms with Gasteiger partial charge < -0.3 is 10.6 Å². The van der Waals surface area contributed by atoms with E-state index in [-0.39, 0.29) is 58.8 Å². The van der Waals surface area contributed by atoms with Gasteiger partial charge in [0.1, 0.15) is 0 Å². The molecule has 16 nitrogen and oxygen atoms in total. The van der Waals surface area contributed by atoms with Gasteiger partial charge in [0.2, 0.25) is 0 Å². The summed E-state index contributed by atoms with van der Waals surface area (Å²) in [5.41, 5.74) is 0.995. The van der Waals surface area contributed by atoms with Crippen molar-refractivity contribution in [2.45, 2.75) is 25.9 Å². The molecule has 2 N–H and O–H groups in total. The largest absolute Gasteiger partial charge is 0.311 e. The molecule has 0 fully saturated rings. The van der Waals surface area contributed by atoms with E-state index in [1.807, 2.05) is 0 Å². The third kappa shape index (κ3) is 5.55. The van der Waals surface area contributed by atoms with Crippen LogP contribution in [0.3, 0.4) is 0 Å². The second-order valence-electron chi connectivity index (χ2n) is 13.5. The van der Waals surface area contributed by atoms with E-state index in [9.17, 15) is 39.4 Å². The molecule has 2 atom stereocenters. The lowest BCUT2D eigenvalue weighted by atomic mass is 9.91. The third-order valence-electron chi connectivity index (χ3n) is 9.92. The molecular formula is C38H30N8O8. The average molecular weight is 727 g/mol. The van der Waals surface area contributed by atoms with Gasteiger partial charge in [-0.15, -0.1) is 0 Å². The Balaban J connectivity index is 0.938. The molecule has 4 amide bonds. The molecule has 4 heterocycles. The maximum absolute atomic E-state index is 13.7. The Morgan fingerprint density at radius 3 is 1.35 bits per heavy atom. The number of fused-ring (bicyclic) bond motifs is 4. The van der Waals surface area contributed by atoms with Crippen LogP contribution in [-0.2, 0) is 0 Å². The highest BCUT2D eigenvalue weighted by molar-refractivity contribution is 6.30. The van der Waals surface area contributed by atoms with Crippen molar-refractivity contribution in [3.05, 3.63) is 116 Å². The van der Waals surface area contributed by atoms with E-state index in [4.69, 9.17) is 0 Å². The summed E-state index contributed by atoms with van der Waals surface area (Å²) in [4.78, 5) is 88.2. The Hall–Kier alpha value is -6.78. The minimum Gasteiger partial charge on any atom is -0.311 e. The van der Waals surface area contributed by atoms with Crippen LogP contribution in [0.1, 0.15) is 55.3 Å². The van der Waals surface area contributed by atoms with Crippen molar-refractivity contribution in [2.75, 3.05) is 26.2 Å². The van der Waals surface area contributed by atoms with Crippen LogP contribution in [0.2, 0.25) is 0 Å². The number of nitrogens with one attached hydrogen (secondary N) is 2. The summed E-state index contributed by atoms with van der Waals surface area (Å²) in [7, 11) is 0. The second kappa shape index (κ2) is 13.0. The molecule has 0 unspecified atom stereocenters. The van der Waals surface area contributed by atoms with E-state index >= 15 is 0 Å². The highest BCUT2D eigenvalue weighted by atomic mass is 16.6. The van der Waals surface area contributed by atoms with E-state index in [1.165, 1.54) is 24.3 Å². The molecule has 54 heavy (non-hydrogen) atoms. The zero-order chi connectivity index (χ0) is 38.0. The number of imide groups is 2. The summed E-state index contributed by atoms with van der Waals surface area (Å²) in [6, 6.07) is 14.5. The lowest BCUT2D eigenvalue weighted by Gasteiger charge is -2.30. The molecule has 2 aliphatic heterocycles. The van der Waals surface area contributed by atoms with E-state index < -0.39 is 33.5 Å². The minimum atomic E-state index is -0.639. The summed E-state index contributed by atoms with van der Waals surface area (Å²) in [6.07, 6.45) is 3.10. The molecule has 0 saturated heterocycles. The number of hydrogen-bond acceptors (Lipinski definition) is 12. The topological polar surface area (TPSA) is 211 Å². The van der Waals surface area contributed by atoms with Crippen LogP contribution < -0.4 is 10.6 Å². The second-order valence-corrected chi connectivity index (χ2v) is 13.5. The Labute approximate surface area is 305 Å². The number of pyridine rings is 2. The first-order valence-corrected chi connectivity index (χ1v) is 17.1. The molecule has 0 aliphatic carbocycles. The first kappa shape index (κ1) is 34.3. The number of non-ortho nitro benzene ring substituents is 2. The monoisotopic (exact) mass is 726 g/mol. The van der Waals surface area contributed by atoms with E-state index in [0.29, 0.717) is 56.4 Å². The zero-order valence-corrected chi connectivity index (χ0v) is 28.9. The van der Waals surface area contributed by atoms with Crippen LogP contribution in [0.15, 0.2) is 73.1 Å². The highest BCUT2D eigenvalue weighted by Crippen LogP contribution is 2.39. The zero-order valence-electron chi connectivity index (χ0n) is 28.9. The first-order valence-electron chi connectivity index (χ1n) is 17.1. The number of benzene rings is 4. The molecule has 2 aromatic heterocycles. The van der Waals surface area contributed by atoms with Gasteiger partial charge in [0.15, 0.2) is 0 Å². The van der Waals surface area contributed by atoms with Gasteiger partial charge in [-0.3, -0.25) is 59.2 Å². The van der Waals surface area contributed by atoms with Gasteiger partial charge in [-0.05, 0) is 38.1 Å². The number of nitrogens with zero attached hydrogens (tertiary/aromatic N) is 6. The molecule has 270 valence electrons. The van der Waals surface area contributed by atoms with Gasteiger partial charge in [-0.25, -0.2) is 0 Å². The van der Waals surface area contributed by atoms with Crippen molar-refractivity contribution in [2.24, 2.45) is 0 Å². The quantitative estimate of drug-likeness (QED) is 0.0609. The van der Waals surface area contributed by atoms with Crippen LogP contribution >= 0.6 is 0 Å². The van der Waals surface area contributed by atoms with Gasteiger partial charge >= 0.3 is 0 Å². The fourth-order valence-corrected chi connectivity index (χ4v) is 7.48. The number of aromatic nitrogens is 2. The summed E-state index contributed by atoms with van der Waals surface area (Å²) >= 11 is 0. The number of amides is 4. The fourth-order valence-electron chi connectivity index (χ4n) is 7.48. The average Bonchev–Trinajstić information content (AvgIpc) is 3.17. The molecule has 0 spiro atoms. The normalized spacial score (nSPS) is 15.1. The highest BCUT2D eigenvalue weighted by Gasteiger charge is 2.37. The molecule has 0 bridgehead atoms. The Morgan fingerprint density at radius 2 is 0.981 bits per heavy atom. The molecule has 0 radical (unpaired) electrons. The number of nitro groups is 2. The number of carbonyl (C=O) groups is 4. The van der Waals surface area contributed by atoms with Crippen molar-refractivity contribution in [1.29, 1.82) is 0 Å². The van der Waals surface area contributed by atoms with Crippen molar-refractivity contribution >= 4 is 78.4 Å². The third-order valence-corrected chi connectivity index (χ3v) is 9.92. The van der Waals surface area contributed by atoms with Crippen LogP contribution in [0.4, 0.5) is 11.4 Å². The minimum absolute atomic E-state index is 0.0139. The summed E-state index contributed by atoms with van der Waals surface area (Å²) in [5.74, 6) is -2.31. The molecular weight excluding hydrogens is 696 g/mol. The van der Waals surface area contributed by atoms with Crippen molar-refractivity contribution < 1.29 is 29.0 Å². The van der Waals surface area contributed by atoms with Gasteiger partial charge in [0, 0.05) is 118 Å². The lowest BCUT2D eigenvalue weighted by molar-refractivity contribution is -0.384. The molecule has 8 rings (SSSR count). The SMILES string of the molecule is C[C@@H](CN1C(=O)c2cc([N+](=O)[O-])cc3c2c(cc2cccnc23)C1=O)NCCN[C@@H](C)CN1C(=O)c2cc([N+](=O)[O-])cc3c2c(cc2cccnc23)C1=O. The summed E-state index contributed by atoms with van der Waals surface area (Å²) in [5, 5.41) is 32.8. The number of rotatable bonds is 11. The molecule has 6 aromatic rings. The number of carbonyl (C=O) groups excluding carboxylic acids is 4. The predicted octanol–water partition coefficient (Wildman–Crippen LogP) is 4.75. The van der Waals surface area contributed by atoms with Gasteiger partial charge in [-0.2, -0.15) is 0 Å². The van der Waals surface area contributed by atoms with Gasteiger partial charge in [-0.1, -0.05) is 12.1 Å². The van der Waals surface area contributed by atoms with Crippen LogP contribution in [0.5, 0.6) is 0 Å². The lowest BCUT2D eigenvalue weighted by Crippen LogP contribution is -2.50. The Morgan fingerprint density at radius 1 is 0.611 bits per heavy atom. The molecule has 16 heteroatoms. The van der Waals surface area contributed by atoms with Gasteiger partial charge in [0.05, 0.1) is 32.0 Å². The molecule has 2 aliphatic rings. The number of nitro benzene ring substituents is 2. The van der Waals surface area contributed by atoms with Crippen LogP contribution in [-0.4, -0.2) is 91.5 Å². The Bertz CT molecular complexity index is 2500. The molecule has 0 saturated carbocycles.